The molecule has 0 radical (unpaired) electrons. The minimum absolute atomic E-state index is 0.00668. The van der Waals surface area contributed by atoms with Crippen LogP contribution in [0.3, 0.4) is 0 Å². The van der Waals surface area contributed by atoms with E-state index >= 15 is 0 Å². The molecule has 0 aromatic carbocycles. The first-order chi connectivity index (χ1) is 10.2. The summed E-state index contributed by atoms with van der Waals surface area (Å²) in [5.74, 6) is 0.840. The third-order valence-corrected chi connectivity index (χ3v) is 4.39. The number of aliphatic imine (C=N–C) groups is 1. The lowest BCUT2D eigenvalue weighted by Crippen LogP contribution is -2.38. The fourth-order valence-electron chi connectivity index (χ4n) is 2.69. The van der Waals surface area contributed by atoms with Crippen molar-refractivity contribution < 1.29 is 8.78 Å². The minimum atomic E-state index is -2.33. The highest BCUT2D eigenvalue weighted by Crippen LogP contribution is 2.31. The zero-order valence-electron chi connectivity index (χ0n) is 11.4. The number of nitrogens with one attached hydrogen (secondary N) is 1. The van der Waals surface area contributed by atoms with E-state index in [4.69, 9.17) is 0 Å². The van der Waals surface area contributed by atoms with Crippen molar-refractivity contribution in [3.05, 3.63) is 40.5 Å². The maximum absolute atomic E-state index is 12.4. The van der Waals surface area contributed by atoms with Crippen LogP contribution in [-0.4, -0.2) is 47.8 Å². The van der Waals surface area contributed by atoms with E-state index in [2.05, 4.69) is 26.8 Å². The Morgan fingerprint density at radius 3 is 3.10 bits per heavy atom. The van der Waals surface area contributed by atoms with Crippen LogP contribution in [0.5, 0.6) is 0 Å². The average Bonchev–Trinajstić information content (AvgIpc) is 3.13. The fourth-order valence-corrected chi connectivity index (χ4v) is 3.34. The molecule has 4 nitrogen and oxygen atoms in total. The van der Waals surface area contributed by atoms with E-state index in [0.29, 0.717) is 13.1 Å². The normalized spacial score (nSPS) is 21.8. The molecule has 7 heteroatoms. The topological polar surface area (TPSA) is 40.5 Å². The van der Waals surface area contributed by atoms with Gasteiger partial charge in [0.15, 0.2) is 10.8 Å². The molecule has 1 atom stereocenters. The second kappa shape index (κ2) is 6.03. The molecule has 3 rings (SSSR count). The number of halogens is 2. The number of alkyl halides is 2. The van der Waals surface area contributed by atoms with Crippen molar-refractivity contribution in [3.63, 3.8) is 0 Å². The molecule has 1 aromatic heterocycles. The van der Waals surface area contributed by atoms with Crippen LogP contribution < -0.4 is 5.32 Å². The number of hydrogen-bond acceptors (Lipinski definition) is 5. The van der Waals surface area contributed by atoms with E-state index < -0.39 is 6.43 Å². The van der Waals surface area contributed by atoms with Gasteiger partial charge in [-0.1, -0.05) is 12.7 Å². The monoisotopic (exact) mass is 310 g/mol. The SMILES string of the molecule is C=CC1=C2CC(NCC(F)F)CN2C(c2nccs2)=NC1. The Bertz CT molecular complexity index is 580. The van der Waals surface area contributed by atoms with Gasteiger partial charge in [-0.2, -0.15) is 0 Å². The Labute approximate surface area is 125 Å². The zero-order chi connectivity index (χ0) is 14.8. The molecule has 1 aromatic rings. The van der Waals surface area contributed by atoms with Crippen molar-refractivity contribution in [2.75, 3.05) is 19.6 Å². The summed E-state index contributed by atoms with van der Waals surface area (Å²) in [7, 11) is 0. The first-order valence-electron chi connectivity index (χ1n) is 6.77. The molecule has 0 saturated carbocycles. The molecule has 1 N–H and O–H groups in total. The number of hydrogen-bond donors (Lipinski definition) is 1. The summed E-state index contributed by atoms with van der Waals surface area (Å²) >= 11 is 1.53. The number of nitrogens with zero attached hydrogens (tertiary/aromatic N) is 3. The molecular weight excluding hydrogens is 294 g/mol. The van der Waals surface area contributed by atoms with E-state index in [-0.39, 0.29) is 12.6 Å². The highest BCUT2D eigenvalue weighted by atomic mass is 32.1. The molecule has 0 spiro atoms. The van der Waals surface area contributed by atoms with Crippen molar-refractivity contribution in [2.45, 2.75) is 18.9 Å². The first-order valence-corrected chi connectivity index (χ1v) is 7.65. The van der Waals surface area contributed by atoms with Gasteiger partial charge in [0.1, 0.15) is 0 Å². The second-order valence-corrected chi connectivity index (χ2v) is 5.86. The van der Waals surface area contributed by atoms with Gasteiger partial charge in [-0.3, -0.25) is 4.99 Å². The summed E-state index contributed by atoms with van der Waals surface area (Å²) in [6, 6.07) is 0.00668. The van der Waals surface area contributed by atoms with Crippen molar-refractivity contribution in [2.24, 2.45) is 4.99 Å². The summed E-state index contributed by atoms with van der Waals surface area (Å²) < 4.78 is 24.7. The third kappa shape index (κ3) is 2.89. The van der Waals surface area contributed by atoms with Crippen LogP contribution in [0.4, 0.5) is 8.78 Å². The highest BCUT2D eigenvalue weighted by Gasteiger charge is 2.34. The van der Waals surface area contributed by atoms with Crippen molar-refractivity contribution in [1.29, 1.82) is 0 Å². The molecule has 0 amide bonds. The summed E-state index contributed by atoms with van der Waals surface area (Å²) in [5.41, 5.74) is 2.19. The van der Waals surface area contributed by atoms with E-state index in [0.717, 1.165) is 28.5 Å². The fraction of sp³-hybridized carbons (Fsp3) is 0.429. The van der Waals surface area contributed by atoms with E-state index in [1.807, 2.05) is 5.38 Å². The molecule has 1 saturated heterocycles. The summed E-state index contributed by atoms with van der Waals surface area (Å²) in [5, 5.41) is 5.69. The Hall–Kier alpha value is -1.60. The Kier molecular flexibility index (Phi) is 4.12. The third-order valence-electron chi connectivity index (χ3n) is 3.62. The van der Waals surface area contributed by atoms with Gasteiger partial charge in [-0.15, -0.1) is 11.3 Å². The number of amidine groups is 1. The van der Waals surface area contributed by atoms with Gasteiger partial charge in [0.25, 0.3) is 6.43 Å². The average molecular weight is 310 g/mol. The van der Waals surface area contributed by atoms with Crippen LogP contribution in [0.15, 0.2) is 40.5 Å². The number of aromatic nitrogens is 1. The minimum Gasteiger partial charge on any atom is -0.326 e. The molecule has 1 unspecified atom stereocenters. The summed E-state index contributed by atoms with van der Waals surface area (Å²) in [6.45, 7) is 4.76. The highest BCUT2D eigenvalue weighted by molar-refractivity contribution is 7.11. The van der Waals surface area contributed by atoms with Gasteiger partial charge in [0, 0.05) is 36.3 Å². The summed E-state index contributed by atoms with van der Waals surface area (Å²) in [6.07, 6.45) is 1.94. The molecule has 0 aliphatic carbocycles. The van der Waals surface area contributed by atoms with E-state index in [1.165, 1.54) is 11.3 Å². The smallest absolute Gasteiger partial charge is 0.250 e. The maximum Gasteiger partial charge on any atom is 0.250 e. The van der Waals surface area contributed by atoms with Gasteiger partial charge in [-0.05, 0) is 5.57 Å². The van der Waals surface area contributed by atoms with Crippen molar-refractivity contribution >= 4 is 17.2 Å². The quantitative estimate of drug-likeness (QED) is 0.907. The van der Waals surface area contributed by atoms with Gasteiger partial charge >= 0.3 is 0 Å². The second-order valence-electron chi connectivity index (χ2n) is 4.96. The Balaban J connectivity index is 1.81. The Morgan fingerprint density at radius 2 is 2.43 bits per heavy atom. The molecule has 2 aliphatic rings. The van der Waals surface area contributed by atoms with E-state index in [1.54, 1.807) is 12.3 Å². The van der Waals surface area contributed by atoms with Gasteiger partial charge in [0.2, 0.25) is 0 Å². The van der Waals surface area contributed by atoms with Crippen LogP contribution in [-0.2, 0) is 0 Å². The predicted octanol–water partition coefficient (Wildman–Crippen LogP) is 2.27. The standard InChI is InChI=1S/C14H16F2N4S/c1-2-9-6-19-13(14-17-3-4-21-14)20-8-10(5-11(9)20)18-7-12(15)16/h2-4,10,12,18H,1,5-8H2. The number of rotatable bonds is 5. The maximum atomic E-state index is 12.4. The van der Waals surface area contributed by atoms with E-state index in [9.17, 15) is 8.78 Å². The zero-order valence-corrected chi connectivity index (χ0v) is 12.2. The number of thiazole rings is 1. The van der Waals surface area contributed by atoms with Gasteiger partial charge in [-0.25, -0.2) is 13.8 Å². The number of fused-ring (bicyclic) bond motifs is 1. The van der Waals surface area contributed by atoms with Gasteiger partial charge in [0.05, 0.1) is 13.1 Å². The van der Waals surface area contributed by atoms with Crippen LogP contribution >= 0.6 is 11.3 Å². The van der Waals surface area contributed by atoms with Crippen LogP contribution in [0.1, 0.15) is 11.4 Å². The van der Waals surface area contributed by atoms with Crippen molar-refractivity contribution in [3.8, 4) is 0 Å². The van der Waals surface area contributed by atoms with Crippen LogP contribution in [0.2, 0.25) is 0 Å². The van der Waals surface area contributed by atoms with Crippen LogP contribution in [0, 0.1) is 0 Å². The lowest BCUT2D eigenvalue weighted by atomic mass is 10.1. The lowest BCUT2D eigenvalue weighted by molar-refractivity contribution is 0.142. The van der Waals surface area contributed by atoms with Crippen molar-refractivity contribution in [1.82, 2.24) is 15.2 Å². The first kappa shape index (κ1) is 14.3. The molecule has 3 heterocycles. The largest absolute Gasteiger partial charge is 0.326 e. The molecule has 0 bridgehead atoms. The molecule has 2 aliphatic heterocycles. The molecule has 112 valence electrons. The lowest BCUT2D eigenvalue weighted by Gasteiger charge is -2.26. The molecule has 1 fully saturated rings. The molecular formula is C14H16F2N4S. The van der Waals surface area contributed by atoms with Crippen LogP contribution in [0.25, 0.3) is 0 Å². The molecule has 21 heavy (non-hydrogen) atoms. The Morgan fingerprint density at radius 1 is 1.57 bits per heavy atom. The summed E-state index contributed by atoms with van der Waals surface area (Å²) in [4.78, 5) is 11.0. The predicted molar refractivity (Wildman–Crippen MR) is 79.9 cm³/mol. The van der Waals surface area contributed by atoms with Gasteiger partial charge < -0.3 is 10.2 Å².